The van der Waals surface area contributed by atoms with E-state index in [0.717, 1.165) is 63.4 Å². The van der Waals surface area contributed by atoms with Crippen molar-refractivity contribution in [2.75, 3.05) is 53.0 Å². The maximum Gasteiger partial charge on any atom is 0.164 e. The highest BCUT2D eigenvalue weighted by Crippen LogP contribution is 2.09. The molecule has 22 heavy (non-hydrogen) atoms. The number of nitrogens with zero attached hydrogens (tertiary/aromatic N) is 2. The first kappa shape index (κ1) is 17.1. The van der Waals surface area contributed by atoms with Crippen LogP contribution in [-0.4, -0.2) is 68.6 Å². The third-order valence-electron chi connectivity index (χ3n) is 4.28. The summed E-state index contributed by atoms with van der Waals surface area (Å²) < 4.78 is 5.09. The topological polar surface area (TPSA) is 32.8 Å². The number of rotatable bonds is 8. The Kier molecular flexibility index (Phi) is 7.03. The van der Waals surface area contributed by atoms with Gasteiger partial charge < -0.3 is 14.5 Å². The molecular formula is C18H28N2O2. The lowest BCUT2D eigenvalue weighted by Crippen LogP contribution is -2.47. The second-order valence-electron chi connectivity index (χ2n) is 6.07. The van der Waals surface area contributed by atoms with Crippen LogP contribution in [0.3, 0.4) is 0 Å². The first-order chi connectivity index (χ1) is 10.7. The quantitative estimate of drug-likeness (QED) is 0.544. The van der Waals surface area contributed by atoms with Crippen LogP contribution in [0, 0.1) is 6.92 Å². The number of hydrogen-bond acceptors (Lipinski definition) is 4. The van der Waals surface area contributed by atoms with E-state index in [1.165, 1.54) is 0 Å². The van der Waals surface area contributed by atoms with Gasteiger partial charge in [-0.3, -0.25) is 4.79 Å². The van der Waals surface area contributed by atoms with Gasteiger partial charge in [0.25, 0.3) is 0 Å². The smallest absolute Gasteiger partial charge is 0.164 e. The molecule has 4 heteroatoms. The zero-order valence-electron chi connectivity index (χ0n) is 13.9. The SMILES string of the molecule is COCCCN1CCN(CCC(=O)c2cccc(C)c2)CC1. The zero-order chi connectivity index (χ0) is 15.8. The van der Waals surface area contributed by atoms with E-state index in [1.54, 1.807) is 7.11 Å². The Morgan fingerprint density at radius 2 is 1.82 bits per heavy atom. The van der Waals surface area contributed by atoms with E-state index in [2.05, 4.69) is 9.80 Å². The monoisotopic (exact) mass is 304 g/mol. The van der Waals surface area contributed by atoms with Gasteiger partial charge >= 0.3 is 0 Å². The van der Waals surface area contributed by atoms with Crippen molar-refractivity contribution < 1.29 is 9.53 Å². The minimum Gasteiger partial charge on any atom is -0.385 e. The molecular weight excluding hydrogens is 276 g/mol. The fourth-order valence-electron chi connectivity index (χ4n) is 2.89. The van der Waals surface area contributed by atoms with Crippen LogP contribution in [0.1, 0.15) is 28.8 Å². The predicted molar refractivity (Wildman–Crippen MR) is 89.5 cm³/mol. The Morgan fingerprint density at radius 1 is 1.14 bits per heavy atom. The highest BCUT2D eigenvalue weighted by atomic mass is 16.5. The summed E-state index contributed by atoms with van der Waals surface area (Å²) in [5.41, 5.74) is 1.99. The van der Waals surface area contributed by atoms with Crippen molar-refractivity contribution in [2.24, 2.45) is 0 Å². The molecule has 0 saturated carbocycles. The Balaban J connectivity index is 1.67. The number of benzene rings is 1. The van der Waals surface area contributed by atoms with E-state index in [9.17, 15) is 4.79 Å². The Labute approximate surface area is 134 Å². The molecule has 0 spiro atoms. The Morgan fingerprint density at radius 3 is 2.45 bits per heavy atom. The molecule has 0 N–H and O–H groups in total. The molecule has 1 aliphatic rings. The van der Waals surface area contributed by atoms with Crippen molar-refractivity contribution in [1.29, 1.82) is 0 Å². The number of aryl methyl sites for hydroxylation is 1. The minimum atomic E-state index is 0.256. The maximum absolute atomic E-state index is 12.2. The Bertz CT molecular complexity index is 468. The summed E-state index contributed by atoms with van der Waals surface area (Å²) >= 11 is 0. The molecule has 1 heterocycles. The van der Waals surface area contributed by atoms with Gasteiger partial charge in [0, 0.05) is 65.0 Å². The lowest BCUT2D eigenvalue weighted by molar-refractivity contribution is 0.0915. The fraction of sp³-hybridized carbons (Fsp3) is 0.611. The second-order valence-corrected chi connectivity index (χ2v) is 6.07. The van der Waals surface area contributed by atoms with Crippen molar-refractivity contribution >= 4 is 5.78 Å². The first-order valence-electron chi connectivity index (χ1n) is 8.22. The molecule has 0 atom stereocenters. The second kappa shape index (κ2) is 9.03. The van der Waals surface area contributed by atoms with E-state index >= 15 is 0 Å². The van der Waals surface area contributed by atoms with E-state index < -0.39 is 0 Å². The molecule has 1 aromatic carbocycles. The summed E-state index contributed by atoms with van der Waals surface area (Å²) in [6, 6.07) is 7.89. The third-order valence-corrected chi connectivity index (χ3v) is 4.28. The van der Waals surface area contributed by atoms with E-state index in [1.807, 2.05) is 31.2 Å². The predicted octanol–water partition coefficient (Wildman–Crippen LogP) is 2.22. The van der Waals surface area contributed by atoms with Crippen molar-refractivity contribution in [3.05, 3.63) is 35.4 Å². The molecule has 0 unspecified atom stereocenters. The minimum absolute atomic E-state index is 0.256. The molecule has 1 aromatic rings. The standard InChI is InChI=1S/C18H28N2O2/c1-16-5-3-6-17(15-16)18(21)7-9-20-12-10-19(11-13-20)8-4-14-22-2/h3,5-6,15H,4,7-14H2,1-2H3. The zero-order valence-corrected chi connectivity index (χ0v) is 13.9. The normalized spacial score (nSPS) is 16.8. The van der Waals surface area contributed by atoms with Crippen LogP contribution in [0.4, 0.5) is 0 Å². The molecule has 1 aliphatic heterocycles. The number of carbonyl (C=O) groups excluding carboxylic acids is 1. The molecule has 0 aliphatic carbocycles. The number of Topliss-reactive ketones (excluding diaryl/α,β-unsaturated/α-hetero) is 1. The molecule has 0 aromatic heterocycles. The largest absolute Gasteiger partial charge is 0.385 e. The number of piperazine rings is 1. The van der Waals surface area contributed by atoms with Gasteiger partial charge in [0.05, 0.1) is 0 Å². The molecule has 0 radical (unpaired) electrons. The summed E-state index contributed by atoms with van der Waals surface area (Å²) in [5, 5.41) is 0. The molecule has 0 bridgehead atoms. The van der Waals surface area contributed by atoms with Crippen LogP contribution >= 0.6 is 0 Å². The molecule has 4 nitrogen and oxygen atoms in total. The summed E-state index contributed by atoms with van der Waals surface area (Å²) in [7, 11) is 1.75. The van der Waals surface area contributed by atoms with Crippen LogP contribution in [0.2, 0.25) is 0 Å². The van der Waals surface area contributed by atoms with Crippen LogP contribution in [-0.2, 0) is 4.74 Å². The van der Waals surface area contributed by atoms with Gasteiger partial charge in [-0.2, -0.15) is 0 Å². The summed E-state index contributed by atoms with van der Waals surface area (Å²) in [6.07, 6.45) is 1.72. The average Bonchev–Trinajstić information content (AvgIpc) is 2.54. The van der Waals surface area contributed by atoms with Gasteiger partial charge in [0.15, 0.2) is 5.78 Å². The van der Waals surface area contributed by atoms with Gasteiger partial charge in [-0.1, -0.05) is 23.8 Å². The van der Waals surface area contributed by atoms with Crippen LogP contribution in [0.5, 0.6) is 0 Å². The highest BCUT2D eigenvalue weighted by molar-refractivity contribution is 5.96. The molecule has 0 amide bonds. The molecule has 2 rings (SSSR count). The first-order valence-corrected chi connectivity index (χ1v) is 8.22. The lowest BCUT2D eigenvalue weighted by atomic mass is 10.1. The summed E-state index contributed by atoms with van der Waals surface area (Å²) in [5.74, 6) is 0.256. The number of hydrogen-bond donors (Lipinski definition) is 0. The summed E-state index contributed by atoms with van der Waals surface area (Å²) in [6.45, 7) is 9.18. The lowest BCUT2D eigenvalue weighted by Gasteiger charge is -2.34. The molecule has 122 valence electrons. The summed E-state index contributed by atoms with van der Waals surface area (Å²) in [4.78, 5) is 17.1. The van der Waals surface area contributed by atoms with E-state index in [0.29, 0.717) is 6.42 Å². The number of carbonyl (C=O) groups is 1. The number of ether oxygens (including phenoxy) is 1. The van der Waals surface area contributed by atoms with Gasteiger partial charge in [-0.25, -0.2) is 0 Å². The maximum atomic E-state index is 12.2. The van der Waals surface area contributed by atoms with Gasteiger partial charge in [-0.15, -0.1) is 0 Å². The Hall–Kier alpha value is -1.23. The van der Waals surface area contributed by atoms with Gasteiger partial charge in [0.2, 0.25) is 0 Å². The fourth-order valence-corrected chi connectivity index (χ4v) is 2.89. The van der Waals surface area contributed by atoms with Crippen LogP contribution < -0.4 is 0 Å². The van der Waals surface area contributed by atoms with Crippen molar-refractivity contribution in [2.45, 2.75) is 19.8 Å². The highest BCUT2D eigenvalue weighted by Gasteiger charge is 2.17. The van der Waals surface area contributed by atoms with Gasteiger partial charge in [-0.05, 0) is 19.4 Å². The molecule has 1 saturated heterocycles. The van der Waals surface area contributed by atoms with Crippen LogP contribution in [0.25, 0.3) is 0 Å². The average molecular weight is 304 g/mol. The van der Waals surface area contributed by atoms with E-state index in [4.69, 9.17) is 4.74 Å². The number of ketones is 1. The molecule has 1 fully saturated rings. The van der Waals surface area contributed by atoms with Crippen molar-refractivity contribution in [1.82, 2.24) is 9.80 Å². The third kappa shape index (κ3) is 5.52. The van der Waals surface area contributed by atoms with E-state index in [-0.39, 0.29) is 5.78 Å². The van der Waals surface area contributed by atoms with Gasteiger partial charge in [0.1, 0.15) is 0 Å². The van der Waals surface area contributed by atoms with Crippen LogP contribution in [0.15, 0.2) is 24.3 Å². The van der Waals surface area contributed by atoms with Crippen molar-refractivity contribution in [3.8, 4) is 0 Å². The number of methoxy groups -OCH3 is 1. The van der Waals surface area contributed by atoms with Crippen molar-refractivity contribution in [3.63, 3.8) is 0 Å².